The van der Waals surface area contributed by atoms with Gasteiger partial charge in [0.15, 0.2) is 0 Å². The summed E-state index contributed by atoms with van der Waals surface area (Å²) in [5, 5.41) is 0. The number of benzene rings is 2. The maximum Gasteiger partial charge on any atom is 0.229 e. The van der Waals surface area contributed by atoms with Gasteiger partial charge in [0.2, 0.25) is 5.91 Å². The zero-order valence-electron chi connectivity index (χ0n) is 13.6. The Morgan fingerprint density at radius 2 is 1.83 bits per heavy atom. The lowest BCUT2D eigenvalue weighted by Gasteiger charge is -2.36. The molecule has 2 aliphatic heterocycles. The minimum Gasteiger partial charge on any atom is -0.492 e. The van der Waals surface area contributed by atoms with Crippen LogP contribution < -0.4 is 4.74 Å². The summed E-state index contributed by atoms with van der Waals surface area (Å²) in [5.74, 6) is 0.980. The van der Waals surface area contributed by atoms with E-state index in [9.17, 15) is 4.79 Å². The highest BCUT2D eigenvalue weighted by molar-refractivity contribution is 5.80. The molecule has 0 aliphatic carbocycles. The number of ether oxygens (including phenoxy) is 2. The van der Waals surface area contributed by atoms with Crippen molar-refractivity contribution in [2.75, 3.05) is 26.3 Å². The molecule has 0 aromatic heterocycles. The predicted molar refractivity (Wildman–Crippen MR) is 90.8 cm³/mol. The average molecular weight is 323 g/mol. The first kappa shape index (κ1) is 15.2. The Hall–Kier alpha value is -2.33. The fourth-order valence-corrected chi connectivity index (χ4v) is 3.46. The number of nitrogens with zero attached hydrogens (tertiary/aromatic N) is 1. The predicted octanol–water partition coefficient (Wildman–Crippen LogP) is 2.84. The van der Waals surface area contributed by atoms with Crippen molar-refractivity contribution in [1.29, 1.82) is 0 Å². The SMILES string of the molecule is O=C(C1COc2ccccc2C1)N1CCOC(c2ccccc2)C1. The number of fused-ring (bicyclic) bond motifs is 1. The lowest BCUT2D eigenvalue weighted by Crippen LogP contribution is -2.47. The minimum atomic E-state index is -0.102. The standard InChI is InChI=1S/C20H21NO3/c22-20(17-12-16-8-4-5-9-18(16)24-14-17)21-10-11-23-19(13-21)15-6-2-1-3-7-15/h1-9,17,19H,10-14H2. The lowest BCUT2D eigenvalue weighted by atomic mass is 9.95. The molecule has 2 aliphatic rings. The van der Waals surface area contributed by atoms with Crippen molar-refractivity contribution in [1.82, 2.24) is 4.90 Å². The molecule has 0 bridgehead atoms. The molecule has 0 radical (unpaired) electrons. The van der Waals surface area contributed by atoms with Crippen LogP contribution in [0.15, 0.2) is 54.6 Å². The van der Waals surface area contributed by atoms with Gasteiger partial charge in [-0.1, -0.05) is 48.5 Å². The molecule has 0 N–H and O–H groups in total. The third-order valence-corrected chi connectivity index (χ3v) is 4.78. The van der Waals surface area contributed by atoms with Gasteiger partial charge in [-0.3, -0.25) is 4.79 Å². The van der Waals surface area contributed by atoms with Gasteiger partial charge in [-0.25, -0.2) is 0 Å². The van der Waals surface area contributed by atoms with Crippen LogP contribution in [0.2, 0.25) is 0 Å². The lowest BCUT2D eigenvalue weighted by molar-refractivity contribution is -0.144. The Kier molecular flexibility index (Phi) is 4.22. The number of hydrogen-bond donors (Lipinski definition) is 0. The van der Waals surface area contributed by atoms with Crippen LogP contribution in [0.4, 0.5) is 0 Å². The van der Waals surface area contributed by atoms with Crippen LogP contribution in [0.25, 0.3) is 0 Å². The fourth-order valence-electron chi connectivity index (χ4n) is 3.46. The van der Waals surface area contributed by atoms with Crippen LogP contribution in [-0.2, 0) is 16.0 Å². The van der Waals surface area contributed by atoms with Crippen molar-refractivity contribution in [3.05, 3.63) is 65.7 Å². The van der Waals surface area contributed by atoms with E-state index in [1.54, 1.807) is 0 Å². The highest BCUT2D eigenvalue weighted by Crippen LogP contribution is 2.29. The Balaban J connectivity index is 1.45. The van der Waals surface area contributed by atoms with Crippen molar-refractivity contribution in [2.45, 2.75) is 12.5 Å². The van der Waals surface area contributed by atoms with Gasteiger partial charge in [0.1, 0.15) is 18.5 Å². The van der Waals surface area contributed by atoms with Crippen LogP contribution >= 0.6 is 0 Å². The topological polar surface area (TPSA) is 38.8 Å². The van der Waals surface area contributed by atoms with Crippen molar-refractivity contribution >= 4 is 5.91 Å². The Morgan fingerprint density at radius 1 is 1.04 bits per heavy atom. The molecular weight excluding hydrogens is 302 g/mol. The summed E-state index contributed by atoms with van der Waals surface area (Å²) < 4.78 is 11.6. The number of rotatable bonds is 2. The first-order valence-electron chi connectivity index (χ1n) is 8.47. The van der Waals surface area contributed by atoms with E-state index in [4.69, 9.17) is 9.47 Å². The van der Waals surface area contributed by atoms with Crippen molar-refractivity contribution in [3.8, 4) is 5.75 Å². The largest absolute Gasteiger partial charge is 0.492 e. The van der Waals surface area contributed by atoms with E-state index in [0.29, 0.717) is 26.3 Å². The molecule has 4 nitrogen and oxygen atoms in total. The molecule has 4 heteroatoms. The Bertz CT molecular complexity index is 716. The smallest absolute Gasteiger partial charge is 0.229 e. The number of carbonyl (C=O) groups excluding carboxylic acids is 1. The molecule has 1 fully saturated rings. The third-order valence-electron chi connectivity index (χ3n) is 4.78. The second kappa shape index (κ2) is 6.65. The number of morpholine rings is 1. The third kappa shape index (κ3) is 3.02. The summed E-state index contributed by atoms with van der Waals surface area (Å²) in [6.07, 6.45) is 0.711. The van der Waals surface area contributed by atoms with Gasteiger partial charge in [0, 0.05) is 6.54 Å². The Morgan fingerprint density at radius 3 is 2.71 bits per heavy atom. The summed E-state index contributed by atoms with van der Waals surface area (Å²) in [6, 6.07) is 18.1. The van der Waals surface area contributed by atoms with Crippen LogP contribution in [0.3, 0.4) is 0 Å². The summed E-state index contributed by atoms with van der Waals surface area (Å²) in [7, 11) is 0. The van der Waals surface area contributed by atoms with Gasteiger partial charge in [0.25, 0.3) is 0 Å². The summed E-state index contributed by atoms with van der Waals surface area (Å²) >= 11 is 0. The molecule has 2 aromatic rings. The molecule has 0 saturated carbocycles. The van der Waals surface area contributed by atoms with E-state index in [0.717, 1.165) is 23.3 Å². The van der Waals surface area contributed by atoms with Crippen molar-refractivity contribution < 1.29 is 14.3 Å². The van der Waals surface area contributed by atoms with E-state index < -0.39 is 0 Å². The molecule has 2 atom stereocenters. The zero-order chi connectivity index (χ0) is 16.4. The molecule has 2 heterocycles. The molecule has 2 unspecified atom stereocenters. The van der Waals surface area contributed by atoms with Crippen molar-refractivity contribution in [3.63, 3.8) is 0 Å². The first-order chi connectivity index (χ1) is 11.8. The first-order valence-corrected chi connectivity index (χ1v) is 8.47. The number of para-hydroxylation sites is 1. The van der Waals surface area contributed by atoms with Crippen LogP contribution in [0.5, 0.6) is 5.75 Å². The molecule has 2 aromatic carbocycles. The van der Waals surface area contributed by atoms with Crippen LogP contribution in [-0.4, -0.2) is 37.1 Å². The van der Waals surface area contributed by atoms with Gasteiger partial charge < -0.3 is 14.4 Å². The maximum atomic E-state index is 12.9. The zero-order valence-corrected chi connectivity index (χ0v) is 13.6. The van der Waals surface area contributed by atoms with Crippen LogP contribution in [0, 0.1) is 5.92 Å². The summed E-state index contributed by atoms with van der Waals surface area (Å²) in [5.41, 5.74) is 2.25. The molecule has 124 valence electrons. The van der Waals surface area contributed by atoms with Gasteiger partial charge in [-0.05, 0) is 23.6 Å². The van der Waals surface area contributed by atoms with E-state index in [-0.39, 0.29) is 17.9 Å². The van der Waals surface area contributed by atoms with E-state index in [2.05, 4.69) is 12.1 Å². The Labute approximate surface area is 142 Å². The van der Waals surface area contributed by atoms with Gasteiger partial charge >= 0.3 is 0 Å². The number of hydrogen-bond acceptors (Lipinski definition) is 3. The van der Waals surface area contributed by atoms with Crippen molar-refractivity contribution in [2.24, 2.45) is 5.92 Å². The minimum absolute atomic E-state index is 0.0410. The second-order valence-electron chi connectivity index (χ2n) is 6.37. The summed E-state index contributed by atoms with van der Waals surface area (Å²) in [6.45, 7) is 2.31. The quantitative estimate of drug-likeness (QED) is 0.853. The van der Waals surface area contributed by atoms with E-state index in [1.807, 2.05) is 47.4 Å². The second-order valence-corrected chi connectivity index (χ2v) is 6.37. The monoisotopic (exact) mass is 323 g/mol. The van der Waals surface area contributed by atoms with E-state index in [1.165, 1.54) is 0 Å². The molecular formula is C20H21NO3. The van der Waals surface area contributed by atoms with Gasteiger partial charge in [0.05, 0.1) is 19.1 Å². The molecule has 24 heavy (non-hydrogen) atoms. The molecule has 0 spiro atoms. The fraction of sp³-hybridized carbons (Fsp3) is 0.350. The van der Waals surface area contributed by atoms with Gasteiger partial charge in [-0.2, -0.15) is 0 Å². The van der Waals surface area contributed by atoms with Gasteiger partial charge in [-0.15, -0.1) is 0 Å². The number of carbonyl (C=O) groups is 1. The molecule has 4 rings (SSSR count). The normalized spacial score (nSPS) is 23.2. The molecule has 1 amide bonds. The maximum absolute atomic E-state index is 12.9. The average Bonchev–Trinajstić information content (AvgIpc) is 2.68. The highest BCUT2D eigenvalue weighted by atomic mass is 16.5. The van der Waals surface area contributed by atoms with E-state index >= 15 is 0 Å². The number of amides is 1. The van der Waals surface area contributed by atoms with Crippen LogP contribution in [0.1, 0.15) is 17.2 Å². The molecule has 1 saturated heterocycles. The highest BCUT2D eigenvalue weighted by Gasteiger charge is 2.32. The summed E-state index contributed by atoms with van der Waals surface area (Å²) in [4.78, 5) is 14.9.